The molecule has 0 aliphatic heterocycles. The molecule has 82 valence electrons. The molecule has 1 heterocycles. The molecule has 16 heavy (non-hydrogen) atoms. The van der Waals surface area contributed by atoms with Crippen LogP contribution in [0.25, 0.3) is 11.5 Å². The van der Waals surface area contributed by atoms with Crippen LogP contribution in [0.15, 0.2) is 28.7 Å². The van der Waals surface area contributed by atoms with Crippen LogP contribution in [0.1, 0.15) is 12.8 Å². The number of hydrogen-bond donors (Lipinski definition) is 0. The van der Waals surface area contributed by atoms with Gasteiger partial charge in [-0.05, 0) is 24.3 Å². The van der Waals surface area contributed by atoms with Gasteiger partial charge in [-0.2, -0.15) is 0 Å². The predicted octanol–water partition coefficient (Wildman–Crippen LogP) is 1.97. The average Bonchev–Trinajstić information content (AvgIpc) is 2.65. The third-order valence-corrected chi connectivity index (χ3v) is 1.89. The monoisotopic (exact) mass is 218 g/mol. The molecular formula is C11H10N2O3. The maximum Gasteiger partial charge on any atom is 0.308 e. The van der Waals surface area contributed by atoms with E-state index in [9.17, 15) is 4.79 Å². The Bertz CT molecular complexity index is 502. The fourth-order valence-electron chi connectivity index (χ4n) is 1.24. The summed E-state index contributed by atoms with van der Waals surface area (Å²) in [6.45, 7) is 3.08. The van der Waals surface area contributed by atoms with E-state index in [1.807, 2.05) is 0 Å². The number of nitrogens with zero attached hydrogens (tertiary/aromatic N) is 2. The van der Waals surface area contributed by atoms with Crippen molar-refractivity contribution in [3.63, 3.8) is 0 Å². The minimum Gasteiger partial charge on any atom is -0.427 e. The number of aromatic nitrogens is 2. The van der Waals surface area contributed by atoms with Gasteiger partial charge in [0.15, 0.2) is 0 Å². The summed E-state index contributed by atoms with van der Waals surface area (Å²) in [7, 11) is 0. The van der Waals surface area contributed by atoms with Gasteiger partial charge in [0.1, 0.15) is 5.75 Å². The van der Waals surface area contributed by atoms with E-state index >= 15 is 0 Å². The molecule has 5 heteroatoms. The zero-order valence-corrected chi connectivity index (χ0v) is 8.93. The molecule has 0 bridgehead atoms. The second-order valence-electron chi connectivity index (χ2n) is 3.24. The molecule has 2 rings (SSSR count). The van der Waals surface area contributed by atoms with E-state index in [0.29, 0.717) is 17.5 Å². The molecule has 0 atom stereocenters. The van der Waals surface area contributed by atoms with E-state index in [1.165, 1.54) is 6.92 Å². The lowest BCUT2D eigenvalue weighted by atomic mass is 10.2. The van der Waals surface area contributed by atoms with Crippen molar-refractivity contribution in [2.24, 2.45) is 0 Å². The number of rotatable bonds is 2. The second-order valence-corrected chi connectivity index (χ2v) is 3.24. The van der Waals surface area contributed by atoms with Gasteiger partial charge in [0.05, 0.1) is 0 Å². The maximum absolute atomic E-state index is 10.7. The molecule has 1 aromatic heterocycles. The van der Waals surface area contributed by atoms with E-state index in [-0.39, 0.29) is 5.97 Å². The summed E-state index contributed by atoms with van der Waals surface area (Å²) in [6.07, 6.45) is 0. The van der Waals surface area contributed by atoms with E-state index in [4.69, 9.17) is 9.15 Å². The van der Waals surface area contributed by atoms with Crippen molar-refractivity contribution in [2.75, 3.05) is 0 Å². The van der Waals surface area contributed by atoms with Crippen LogP contribution in [0.3, 0.4) is 0 Å². The number of carbonyl (C=O) groups excluding carboxylic acids is 1. The van der Waals surface area contributed by atoms with E-state index in [0.717, 1.165) is 5.56 Å². The molecular weight excluding hydrogens is 208 g/mol. The van der Waals surface area contributed by atoms with Gasteiger partial charge in [-0.15, -0.1) is 10.2 Å². The Hall–Kier alpha value is -2.17. The normalized spacial score (nSPS) is 10.1. The van der Waals surface area contributed by atoms with Crippen molar-refractivity contribution in [3.05, 3.63) is 30.2 Å². The first-order valence-corrected chi connectivity index (χ1v) is 4.74. The Morgan fingerprint density at radius 1 is 1.25 bits per heavy atom. The highest BCUT2D eigenvalue weighted by Gasteiger charge is 2.06. The van der Waals surface area contributed by atoms with Crippen LogP contribution < -0.4 is 4.74 Å². The maximum atomic E-state index is 10.7. The minimum atomic E-state index is -0.346. The van der Waals surface area contributed by atoms with Crippen molar-refractivity contribution in [2.45, 2.75) is 13.8 Å². The molecule has 0 unspecified atom stereocenters. The Morgan fingerprint density at radius 3 is 2.44 bits per heavy atom. The van der Waals surface area contributed by atoms with Crippen LogP contribution in [-0.4, -0.2) is 16.2 Å². The summed E-state index contributed by atoms with van der Waals surface area (Å²) >= 11 is 0. The highest BCUT2D eigenvalue weighted by molar-refractivity contribution is 5.69. The third kappa shape index (κ3) is 2.25. The van der Waals surface area contributed by atoms with E-state index in [1.54, 1.807) is 31.2 Å². The SMILES string of the molecule is CC(=O)Oc1ccc(-c2nnc(C)o2)cc1. The molecule has 0 spiro atoms. The molecule has 1 aromatic carbocycles. The number of hydrogen-bond acceptors (Lipinski definition) is 5. The molecule has 0 saturated carbocycles. The van der Waals surface area contributed by atoms with Crippen LogP contribution in [0, 0.1) is 6.92 Å². The number of aryl methyl sites for hydroxylation is 1. The van der Waals surface area contributed by atoms with Gasteiger partial charge >= 0.3 is 5.97 Å². The molecule has 0 aliphatic rings. The topological polar surface area (TPSA) is 65.2 Å². The standard InChI is InChI=1S/C11H10N2O3/c1-7-12-13-11(15-7)9-3-5-10(6-4-9)16-8(2)14/h3-6H,1-2H3. The smallest absolute Gasteiger partial charge is 0.308 e. The van der Waals surface area contributed by atoms with Gasteiger partial charge in [-0.3, -0.25) is 4.79 Å². The molecule has 0 N–H and O–H groups in total. The van der Waals surface area contributed by atoms with Crippen molar-refractivity contribution >= 4 is 5.97 Å². The quantitative estimate of drug-likeness (QED) is 0.569. The summed E-state index contributed by atoms with van der Waals surface area (Å²) in [5, 5.41) is 7.61. The molecule has 0 saturated heterocycles. The van der Waals surface area contributed by atoms with E-state index in [2.05, 4.69) is 10.2 Å². The molecule has 0 radical (unpaired) electrons. The summed E-state index contributed by atoms with van der Waals surface area (Å²) in [5.41, 5.74) is 0.788. The lowest BCUT2D eigenvalue weighted by Gasteiger charge is -2.00. The molecule has 2 aromatic rings. The van der Waals surface area contributed by atoms with E-state index < -0.39 is 0 Å². The Labute approximate surface area is 92.1 Å². The fourth-order valence-corrected chi connectivity index (χ4v) is 1.24. The summed E-state index contributed by atoms with van der Waals surface area (Å²) in [4.78, 5) is 10.7. The Morgan fingerprint density at radius 2 is 1.94 bits per heavy atom. The van der Waals surface area contributed by atoms with Crippen LogP contribution in [0.4, 0.5) is 0 Å². The molecule has 0 amide bonds. The fraction of sp³-hybridized carbons (Fsp3) is 0.182. The lowest BCUT2D eigenvalue weighted by Crippen LogP contribution is -2.00. The largest absolute Gasteiger partial charge is 0.427 e. The van der Waals surface area contributed by atoms with Gasteiger partial charge in [0.25, 0.3) is 0 Å². The zero-order valence-electron chi connectivity index (χ0n) is 8.93. The lowest BCUT2D eigenvalue weighted by molar-refractivity contribution is -0.131. The summed E-state index contributed by atoms with van der Waals surface area (Å²) in [6, 6.07) is 6.86. The van der Waals surface area contributed by atoms with Gasteiger partial charge < -0.3 is 9.15 Å². The first-order chi connectivity index (χ1) is 7.65. The third-order valence-electron chi connectivity index (χ3n) is 1.89. The number of benzene rings is 1. The summed E-state index contributed by atoms with van der Waals surface area (Å²) in [5.74, 6) is 1.11. The minimum absolute atomic E-state index is 0.346. The van der Waals surface area contributed by atoms with Crippen molar-refractivity contribution in [1.29, 1.82) is 0 Å². The van der Waals surface area contributed by atoms with Crippen LogP contribution in [0.5, 0.6) is 5.75 Å². The van der Waals surface area contributed by atoms with Crippen molar-refractivity contribution < 1.29 is 13.9 Å². The van der Waals surface area contributed by atoms with Gasteiger partial charge in [-0.25, -0.2) is 0 Å². The number of carbonyl (C=O) groups is 1. The first-order valence-electron chi connectivity index (χ1n) is 4.74. The average molecular weight is 218 g/mol. The molecule has 0 aliphatic carbocycles. The van der Waals surface area contributed by atoms with Gasteiger partial charge in [-0.1, -0.05) is 0 Å². The second kappa shape index (κ2) is 4.14. The highest BCUT2D eigenvalue weighted by Crippen LogP contribution is 2.21. The first kappa shape index (κ1) is 10.4. The van der Waals surface area contributed by atoms with Gasteiger partial charge in [0, 0.05) is 19.4 Å². The van der Waals surface area contributed by atoms with Crippen molar-refractivity contribution in [1.82, 2.24) is 10.2 Å². The van der Waals surface area contributed by atoms with Crippen molar-refractivity contribution in [3.8, 4) is 17.2 Å². The zero-order chi connectivity index (χ0) is 11.5. The summed E-state index contributed by atoms with van der Waals surface area (Å²) < 4.78 is 10.2. The Kier molecular flexibility index (Phi) is 2.68. The number of esters is 1. The van der Waals surface area contributed by atoms with Crippen LogP contribution in [0.2, 0.25) is 0 Å². The Balaban J connectivity index is 2.22. The number of ether oxygens (including phenoxy) is 1. The van der Waals surface area contributed by atoms with Crippen LogP contribution in [-0.2, 0) is 4.79 Å². The highest BCUT2D eigenvalue weighted by atomic mass is 16.5. The predicted molar refractivity (Wildman–Crippen MR) is 55.8 cm³/mol. The molecule has 0 fully saturated rings. The van der Waals surface area contributed by atoms with Crippen LogP contribution >= 0.6 is 0 Å². The van der Waals surface area contributed by atoms with Gasteiger partial charge in [0.2, 0.25) is 11.8 Å². The molecule has 5 nitrogen and oxygen atoms in total.